The van der Waals surface area contributed by atoms with E-state index in [9.17, 15) is 25.3 Å². The highest BCUT2D eigenvalue weighted by molar-refractivity contribution is 7.92. The van der Waals surface area contributed by atoms with Crippen LogP contribution in [0.3, 0.4) is 0 Å². The van der Waals surface area contributed by atoms with Crippen LogP contribution in [0.15, 0.2) is 115 Å². The van der Waals surface area contributed by atoms with Gasteiger partial charge in [0.25, 0.3) is 0 Å². The Labute approximate surface area is 217 Å². The minimum atomic E-state index is -4.42. The van der Waals surface area contributed by atoms with Gasteiger partial charge in [0.1, 0.15) is 9.79 Å². The second kappa shape index (κ2) is 9.77. The fourth-order valence-electron chi connectivity index (χ4n) is 3.50. The molecule has 0 aliphatic heterocycles. The number of rotatable bonds is 7. The minimum Gasteiger partial charge on any atom is -0.378 e. The van der Waals surface area contributed by atoms with Crippen molar-refractivity contribution in [2.45, 2.75) is 45.2 Å². The third kappa shape index (κ3) is 5.46. The fourth-order valence-corrected chi connectivity index (χ4v) is 7.27. The normalized spacial score (nSPS) is 12.3. The average molecular weight is 557 g/mol. The molecule has 0 unspecified atom stereocenters. The second-order valence-electron chi connectivity index (χ2n) is 8.59. The van der Waals surface area contributed by atoms with E-state index in [0.29, 0.717) is 0 Å². The lowest BCUT2D eigenvalue weighted by Gasteiger charge is -2.14. The quantitative estimate of drug-likeness (QED) is 0.293. The first-order valence-electron chi connectivity index (χ1n) is 11.1. The van der Waals surface area contributed by atoms with E-state index in [0.717, 1.165) is 34.9 Å². The summed E-state index contributed by atoms with van der Waals surface area (Å²) >= 11 is 0. The van der Waals surface area contributed by atoms with Crippen LogP contribution in [0.5, 0.6) is 5.75 Å². The van der Waals surface area contributed by atoms with Crippen molar-refractivity contribution >= 4 is 29.8 Å². The Morgan fingerprint density at radius 3 is 1.30 bits per heavy atom. The third-order valence-corrected chi connectivity index (χ3v) is 10.5. The molecule has 0 saturated heterocycles. The summed E-state index contributed by atoms with van der Waals surface area (Å²) in [5.41, 5.74) is 2.49. The molecule has 4 rings (SSSR count). The van der Waals surface area contributed by atoms with E-state index < -0.39 is 40.4 Å². The molecule has 0 saturated carbocycles. The van der Waals surface area contributed by atoms with Gasteiger partial charge in [0.15, 0.2) is 5.75 Å². The fraction of sp³-hybridized carbons (Fsp3) is 0.111. The largest absolute Gasteiger partial charge is 0.378 e. The monoisotopic (exact) mass is 556 g/mol. The molecule has 0 radical (unpaired) electrons. The maximum absolute atomic E-state index is 13.6. The predicted octanol–water partition coefficient (Wildman–Crippen LogP) is 5.05. The summed E-state index contributed by atoms with van der Waals surface area (Å²) in [5, 5.41) is 0. The molecule has 0 aromatic heterocycles. The zero-order valence-electron chi connectivity index (χ0n) is 20.2. The minimum absolute atomic E-state index is 0.0299. The number of sulfone groups is 2. The van der Waals surface area contributed by atoms with Crippen molar-refractivity contribution in [1.82, 2.24) is 0 Å². The number of benzene rings is 4. The highest BCUT2D eigenvalue weighted by atomic mass is 32.2. The van der Waals surface area contributed by atoms with Gasteiger partial charge in [-0.2, -0.15) is 8.42 Å². The van der Waals surface area contributed by atoms with Crippen LogP contribution in [0.1, 0.15) is 16.7 Å². The number of hydrogen-bond donors (Lipinski definition) is 0. The zero-order valence-corrected chi connectivity index (χ0v) is 22.7. The van der Waals surface area contributed by atoms with E-state index in [2.05, 4.69) is 0 Å². The Hall–Kier alpha value is -3.47. The van der Waals surface area contributed by atoms with Gasteiger partial charge in [-0.1, -0.05) is 53.1 Å². The van der Waals surface area contributed by atoms with Crippen molar-refractivity contribution in [1.29, 1.82) is 0 Å². The lowest BCUT2D eigenvalue weighted by Crippen LogP contribution is -2.14. The number of hydrogen-bond acceptors (Lipinski definition) is 7. The summed E-state index contributed by atoms with van der Waals surface area (Å²) in [6.07, 6.45) is 0. The van der Waals surface area contributed by atoms with Gasteiger partial charge in [0.05, 0.1) is 14.7 Å². The molecule has 0 aliphatic carbocycles. The smallest absolute Gasteiger partial charge is 0.339 e. The van der Waals surface area contributed by atoms with Gasteiger partial charge in [-0.15, -0.1) is 0 Å². The van der Waals surface area contributed by atoms with Crippen LogP contribution in [-0.4, -0.2) is 25.3 Å². The molecule has 0 heterocycles. The van der Waals surface area contributed by atoms with Gasteiger partial charge in [0, 0.05) is 0 Å². The van der Waals surface area contributed by atoms with Crippen LogP contribution in [0.25, 0.3) is 0 Å². The molecule has 4 aromatic carbocycles. The van der Waals surface area contributed by atoms with Crippen LogP contribution in [-0.2, 0) is 29.8 Å². The second-order valence-corrected chi connectivity index (χ2v) is 14.0. The Balaban J connectivity index is 1.89. The SMILES string of the molecule is Cc1ccc(S(=O)(=O)Oc2ccc(S(=O)(=O)c3ccc(C)cc3)cc2S(=O)(=O)c2ccc(C)cc2)cc1. The first-order valence-corrected chi connectivity index (χ1v) is 15.5. The molecular weight excluding hydrogens is 532 g/mol. The summed E-state index contributed by atoms with van der Waals surface area (Å²) < 4.78 is 85.1. The van der Waals surface area contributed by atoms with E-state index in [1.807, 2.05) is 6.92 Å². The zero-order chi connectivity index (χ0) is 27.0. The Kier molecular flexibility index (Phi) is 7.02. The van der Waals surface area contributed by atoms with Crippen molar-refractivity contribution in [3.63, 3.8) is 0 Å². The van der Waals surface area contributed by atoms with Crippen LogP contribution < -0.4 is 4.18 Å². The lowest BCUT2D eigenvalue weighted by molar-refractivity contribution is 0.478. The topological polar surface area (TPSA) is 112 Å². The molecule has 0 spiro atoms. The molecule has 0 atom stereocenters. The molecule has 10 heteroatoms. The van der Waals surface area contributed by atoms with E-state index in [1.165, 1.54) is 36.4 Å². The molecule has 37 heavy (non-hydrogen) atoms. The molecule has 7 nitrogen and oxygen atoms in total. The summed E-state index contributed by atoms with van der Waals surface area (Å²) in [6.45, 7) is 5.38. The van der Waals surface area contributed by atoms with E-state index in [-0.39, 0.29) is 19.6 Å². The first kappa shape index (κ1) is 26.6. The molecule has 0 bridgehead atoms. The number of aryl methyl sites for hydroxylation is 3. The molecule has 0 amide bonds. The van der Waals surface area contributed by atoms with Crippen molar-refractivity contribution in [2.75, 3.05) is 0 Å². The average Bonchev–Trinajstić information content (AvgIpc) is 2.84. The van der Waals surface area contributed by atoms with Crippen molar-refractivity contribution in [3.8, 4) is 5.75 Å². The molecule has 0 aliphatic rings. The van der Waals surface area contributed by atoms with Gasteiger partial charge >= 0.3 is 10.1 Å². The summed E-state index contributed by atoms with van der Waals surface area (Å²) in [6, 6.07) is 21.0. The van der Waals surface area contributed by atoms with Gasteiger partial charge < -0.3 is 4.18 Å². The predicted molar refractivity (Wildman–Crippen MR) is 139 cm³/mol. The third-order valence-electron chi connectivity index (χ3n) is 5.69. The van der Waals surface area contributed by atoms with Gasteiger partial charge in [-0.05, 0) is 75.4 Å². The van der Waals surface area contributed by atoms with Crippen LogP contribution in [0.2, 0.25) is 0 Å². The standard InChI is InChI=1S/C27H24O7S3/c1-19-4-10-22(11-5-19)35(28,29)25-16-17-26(34-37(32,33)24-14-8-21(3)9-15-24)27(18-25)36(30,31)23-12-6-20(2)7-13-23/h4-18H,1-3H3. The Morgan fingerprint density at radius 2 is 0.838 bits per heavy atom. The molecule has 0 N–H and O–H groups in total. The summed E-state index contributed by atoms with van der Waals surface area (Å²) in [7, 11) is -12.9. The van der Waals surface area contributed by atoms with Crippen LogP contribution in [0.4, 0.5) is 0 Å². The first-order chi connectivity index (χ1) is 17.3. The van der Waals surface area contributed by atoms with Gasteiger partial charge in [-0.3, -0.25) is 0 Å². The summed E-state index contributed by atoms with van der Waals surface area (Å²) in [4.78, 5) is -1.24. The Morgan fingerprint density at radius 1 is 0.459 bits per heavy atom. The van der Waals surface area contributed by atoms with E-state index in [1.54, 1.807) is 50.2 Å². The summed E-state index contributed by atoms with van der Waals surface area (Å²) in [5.74, 6) is -0.510. The molecule has 4 aromatic rings. The van der Waals surface area contributed by atoms with Crippen LogP contribution >= 0.6 is 0 Å². The molecule has 192 valence electrons. The van der Waals surface area contributed by atoms with Crippen LogP contribution in [0, 0.1) is 20.8 Å². The van der Waals surface area contributed by atoms with Gasteiger partial charge in [-0.25, -0.2) is 16.8 Å². The Bertz CT molecular complexity index is 1770. The van der Waals surface area contributed by atoms with E-state index in [4.69, 9.17) is 4.18 Å². The molecular formula is C27H24O7S3. The highest BCUT2D eigenvalue weighted by Crippen LogP contribution is 2.35. The van der Waals surface area contributed by atoms with Crippen molar-refractivity contribution in [2.24, 2.45) is 0 Å². The molecule has 0 fully saturated rings. The van der Waals surface area contributed by atoms with Crippen molar-refractivity contribution in [3.05, 3.63) is 108 Å². The highest BCUT2D eigenvalue weighted by Gasteiger charge is 2.29. The van der Waals surface area contributed by atoms with E-state index >= 15 is 0 Å². The van der Waals surface area contributed by atoms with Gasteiger partial charge in [0.2, 0.25) is 19.7 Å². The van der Waals surface area contributed by atoms with Crippen molar-refractivity contribution < 1.29 is 29.4 Å². The lowest BCUT2D eigenvalue weighted by atomic mass is 10.2. The maximum Gasteiger partial charge on any atom is 0.339 e. The maximum atomic E-state index is 13.6.